The number of aliphatic imine (C=N–C) groups is 1. The highest BCUT2D eigenvalue weighted by Crippen LogP contribution is 1.98. The van der Waals surface area contributed by atoms with Crippen LogP contribution in [0.2, 0.25) is 0 Å². The zero-order valence-electron chi connectivity index (χ0n) is 13.1. The smallest absolute Gasteiger partial charge is 0.191 e. The van der Waals surface area contributed by atoms with Gasteiger partial charge in [0.1, 0.15) is 0 Å². The van der Waals surface area contributed by atoms with E-state index >= 15 is 0 Å². The molecule has 1 aromatic rings. The number of halogens is 1. The van der Waals surface area contributed by atoms with Crippen LogP contribution in [0.1, 0.15) is 12.0 Å². The van der Waals surface area contributed by atoms with Gasteiger partial charge >= 0.3 is 0 Å². The summed E-state index contributed by atoms with van der Waals surface area (Å²) in [5.74, 6) is 0.811. The molecule has 0 spiro atoms. The van der Waals surface area contributed by atoms with Gasteiger partial charge in [0.25, 0.3) is 0 Å². The third-order valence-corrected chi connectivity index (χ3v) is 2.77. The molecule has 0 amide bonds. The van der Waals surface area contributed by atoms with Gasteiger partial charge in [0.15, 0.2) is 5.96 Å². The molecule has 0 saturated heterocycles. The summed E-state index contributed by atoms with van der Waals surface area (Å²) < 4.78 is 12.3. The minimum atomic E-state index is 0. The average molecular weight is 410 g/mol. The molecule has 0 atom stereocenters. The van der Waals surface area contributed by atoms with Gasteiger partial charge in [0.2, 0.25) is 0 Å². The van der Waals surface area contributed by atoms with E-state index < -0.39 is 0 Å². The van der Waals surface area contributed by atoms with E-state index in [4.69, 9.17) is 9.47 Å². The first kappa shape index (κ1) is 20.2. The van der Waals surface area contributed by atoms with Crippen LogP contribution in [0.3, 0.4) is 0 Å². The Morgan fingerprint density at radius 2 is 2.10 bits per heavy atom. The summed E-state index contributed by atoms with van der Waals surface area (Å²) in [6.45, 7) is 3.63. The molecular weight excluding hydrogens is 383 g/mol. The third-order valence-electron chi connectivity index (χ3n) is 2.77. The van der Waals surface area contributed by atoms with Crippen LogP contribution >= 0.6 is 24.0 Å². The van der Waals surface area contributed by atoms with Crippen LogP contribution in [0, 0.1) is 0 Å². The zero-order chi connectivity index (χ0) is 14.6. The maximum absolute atomic E-state index is 5.39. The fourth-order valence-electron chi connectivity index (χ4n) is 1.70. The van der Waals surface area contributed by atoms with Gasteiger partial charge in [-0.2, -0.15) is 0 Å². The SMILES string of the molecule is CN=C(NCCCOCCOC)NCc1ccn(C)c1.I. The van der Waals surface area contributed by atoms with Crippen LogP contribution in [0.4, 0.5) is 0 Å². The van der Waals surface area contributed by atoms with Crippen LogP contribution in [0.15, 0.2) is 23.5 Å². The summed E-state index contributed by atoms with van der Waals surface area (Å²) in [6, 6.07) is 2.09. The summed E-state index contributed by atoms with van der Waals surface area (Å²) in [6.07, 6.45) is 5.06. The largest absolute Gasteiger partial charge is 0.382 e. The number of nitrogens with one attached hydrogen (secondary N) is 2. The first-order valence-electron chi connectivity index (χ1n) is 6.88. The lowest BCUT2D eigenvalue weighted by atomic mass is 10.3. The van der Waals surface area contributed by atoms with Crippen molar-refractivity contribution in [2.24, 2.45) is 12.0 Å². The highest BCUT2D eigenvalue weighted by molar-refractivity contribution is 14.0. The topological polar surface area (TPSA) is 59.8 Å². The van der Waals surface area contributed by atoms with Gasteiger partial charge in [-0.15, -0.1) is 24.0 Å². The molecule has 1 aromatic heterocycles. The van der Waals surface area contributed by atoms with Gasteiger partial charge in [-0.1, -0.05) is 0 Å². The second-order valence-corrected chi connectivity index (χ2v) is 4.50. The van der Waals surface area contributed by atoms with Crippen molar-refractivity contribution in [3.05, 3.63) is 24.0 Å². The average Bonchev–Trinajstić information content (AvgIpc) is 2.87. The monoisotopic (exact) mass is 410 g/mol. The molecule has 0 fully saturated rings. The van der Waals surface area contributed by atoms with Crippen molar-refractivity contribution in [3.63, 3.8) is 0 Å². The van der Waals surface area contributed by atoms with E-state index in [0.29, 0.717) is 13.2 Å². The van der Waals surface area contributed by atoms with Gasteiger partial charge in [-0.3, -0.25) is 4.99 Å². The van der Waals surface area contributed by atoms with Crippen molar-refractivity contribution >= 4 is 29.9 Å². The number of nitrogens with zero attached hydrogens (tertiary/aromatic N) is 2. The number of hydrogen-bond donors (Lipinski definition) is 2. The lowest BCUT2D eigenvalue weighted by Crippen LogP contribution is -2.37. The number of aryl methyl sites for hydroxylation is 1. The lowest BCUT2D eigenvalue weighted by Gasteiger charge is -2.11. The molecule has 6 nitrogen and oxygen atoms in total. The Morgan fingerprint density at radius 1 is 1.29 bits per heavy atom. The number of ether oxygens (including phenoxy) is 2. The molecule has 1 rings (SSSR count). The van der Waals surface area contributed by atoms with E-state index in [2.05, 4.69) is 27.9 Å². The summed E-state index contributed by atoms with van der Waals surface area (Å²) in [7, 11) is 5.46. The van der Waals surface area contributed by atoms with Gasteiger partial charge in [-0.25, -0.2) is 0 Å². The summed E-state index contributed by atoms with van der Waals surface area (Å²) in [5, 5.41) is 6.53. The number of hydrogen-bond acceptors (Lipinski definition) is 3. The quantitative estimate of drug-likeness (QED) is 0.280. The van der Waals surface area contributed by atoms with Gasteiger partial charge in [0, 0.05) is 53.3 Å². The Bertz CT molecular complexity index is 396. The fourth-order valence-corrected chi connectivity index (χ4v) is 1.70. The van der Waals surface area contributed by atoms with E-state index in [1.165, 1.54) is 5.56 Å². The highest BCUT2D eigenvalue weighted by Gasteiger charge is 1.99. The maximum Gasteiger partial charge on any atom is 0.191 e. The van der Waals surface area contributed by atoms with Crippen LogP contribution in [-0.2, 0) is 23.1 Å². The fraction of sp³-hybridized carbons (Fsp3) is 0.643. The van der Waals surface area contributed by atoms with Gasteiger partial charge in [0.05, 0.1) is 13.2 Å². The highest BCUT2D eigenvalue weighted by atomic mass is 127. The van der Waals surface area contributed by atoms with Crippen molar-refractivity contribution < 1.29 is 9.47 Å². The van der Waals surface area contributed by atoms with E-state index in [1.807, 2.05) is 17.8 Å². The Balaban J connectivity index is 0.00000400. The number of guanidine groups is 1. The van der Waals surface area contributed by atoms with Gasteiger partial charge in [-0.05, 0) is 18.1 Å². The minimum absolute atomic E-state index is 0. The Labute approximate surface area is 144 Å². The molecule has 0 aliphatic heterocycles. The van der Waals surface area contributed by atoms with Gasteiger partial charge < -0.3 is 24.7 Å². The second-order valence-electron chi connectivity index (χ2n) is 4.50. The predicted molar refractivity (Wildman–Crippen MR) is 96.3 cm³/mol. The first-order chi connectivity index (χ1) is 9.76. The molecule has 1 heterocycles. The molecule has 0 radical (unpaired) electrons. The number of aromatic nitrogens is 1. The minimum Gasteiger partial charge on any atom is -0.382 e. The third kappa shape index (κ3) is 9.70. The van der Waals surface area contributed by atoms with E-state index in [1.54, 1.807) is 14.2 Å². The molecule has 0 saturated carbocycles. The van der Waals surface area contributed by atoms with Crippen molar-refractivity contribution in [2.45, 2.75) is 13.0 Å². The zero-order valence-corrected chi connectivity index (χ0v) is 15.4. The Kier molecular flexibility index (Phi) is 12.4. The van der Waals surface area contributed by atoms with Crippen molar-refractivity contribution in [3.8, 4) is 0 Å². The number of rotatable bonds is 9. The summed E-state index contributed by atoms with van der Waals surface area (Å²) in [5.41, 5.74) is 1.23. The van der Waals surface area contributed by atoms with Crippen molar-refractivity contribution in [1.82, 2.24) is 15.2 Å². The van der Waals surface area contributed by atoms with Crippen LogP contribution in [0.5, 0.6) is 0 Å². The Morgan fingerprint density at radius 3 is 2.71 bits per heavy atom. The van der Waals surface area contributed by atoms with E-state index in [-0.39, 0.29) is 24.0 Å². The standard InChI is InChI=1S/C14H26N4O2.HI/c1-15-14(16-6-4-8-20-10-9-19-3)17-11-13-5-7-18(2)12-13;/h5,7,12H,4,6,8-11H2,1-3H3,(H2,15,16,17);1H. The maximum atomic E-state index is 5.39. The van der Waals surface area contributed by atoms with Crippen LogP contribution < -0.4 is 10.6 Å². The number of methoxy groups -OCH3 is 1. The summed E-state index contributed by atoms with van der Waals surface area (Å²) >= 11 is 0. The molecule has 0 bridgehead atoms. The molecule has 0 aliphatic rings. The first-order valence-corrected chi connectivity index (χ1v) is 6.88. The Hall–Kier alpha value is -0.800. The summed E-state index contributed by atoms with van der Waals surface area (Å²) in [4.78, 5) is 4.18. The molecular formula is C14H27IN4O2. The van der Waals surface area contributed by atoms with Crippen LogP contribution in [-0.4, -0.2) is 51.0 Å². The van der Waals surface area contributed by atoms with Crippen molar-refractivity contribution in [2.75, 3.05) is 40.5 Å². The molecule has 2 N–H and O–H groups in total. The normalized spacial score (nSPS) is 11.1. The van der Waals surface area contributed by atoms with E-state index in [0.717, 1.165) is 32.1 Å². The predicted octanol–water partition coefficient (Wildman–Crippen LogP) is 1.36. The van der Waals surface area contributed by atoms with Crippen LogP contribution in [0.25, 0.3) is 0 Å². The van der Waals surface area contributed by atoms with E-state index in [9.17, 15) is 0 Å². The molecule has 21 heavy (non-hydrogen) atoms. The second kappa shape index (κ2) is 12.9. The molecule has 0 unspecified atom stereocenters. The molecule has 0 aliphatic carbocycles. The molecule has 0 aromatic carbocycles. The molecule has 122 valence electrons. The van der Waals surface area contributed by atoms with Crippen molar-refractivity contribution in [1.29, 1.82) is 0 Å². The molecule has 7 heteroatoms. The lowest BCUT2D eigenvalue weighted by molar-refractivity contribution is 0.0698.